The molecule has 0 aliphatic carbocycles. The maximum absolute atomic E-state index is 12.9. The van der Waals surface area contributed by atoms with E-state index < -0.39 is 6.10 Å². The lowest BCUT2D eigenvalue weighted by Gasteiger charge is -2.18. The Labute approximate surface area is 460 Å². The molecule has 0 N–H and O–H groups in total. The molecule has 1 unspecified atom stereocenters. The summed E-state index contributed by atoms with van der Waals surface area (Å²) in [5.74, 6) is -0.865. The van der Waals surface area contributed by atoms with Crippen LogP contribution >= 0.6 is 0 Å². The molecule has 6 nitrogen and oxygen atoms in total. The zero-order valence-corrected chi connectivity index (χ0v) is 49.6. The Bertz CT molecular complexity index is 1280. The quantitative estimate of drug-likeness (QED) is 0.0261. The molecule has 0 saturated carbocycles. The Morgan fingerprint density at radius 3 is 0.784 bits per heavy atom. The predicted octanol–water partition coefficient (Wildman–Crippen LogP) is 22.2. The fraction of sp³-hybridized carbons (Fsp3) is 0.838. The van der Waals surface area contributed by atoms with Crippen molar-refractivity contribution in [2.24, 2.45) is 0 Å². The third-order valence-electron chi connectivity index (χ3n) is 14.6. The van der Waals surface area contributed by atoms with Crippen LogP contribution in [0.15, 0.2) is 48.6 Å². The van der Waals surface area contributed by atoms with E-state index in [0.29, 0.717) is 19.3 Å². The molecule has 0 aromatic heterocycles. The van der Waals surface area contributed by atoms with Crippen molar-refractivity contribution in [3.05, 3.63) is 48.6 Å². The Hall–Kier alpha value is -2.63. The summed E-state index contributed by atoms with van der Waals surface area (Å²) in [6, 6.07) is 0. The third-order valence-corrected chi connectivity index (χ3v) is 14.6. The molecule has 0 aromatic carbocycles. The van der Waals surface area contributed by atoms with E-state index in [0.717, 1.165) is 77.0 Å². The molecule has 0 aromatic rings. The van der Waals surface area contributed by atoms with Crippen LogP contribution in [0.1, 0.15) is 348 Å². The third kappa shape index (κ3) is 60.2. The Morgan fingerprint density at radius 2 is 0.486 bits per heavy atom. The first-order chi connectivity index (χ1) is 36.5. The fourth-order valence-corrected chi connectivity index (χ4v) is 9.62. The summed E-state index contributed by atoms with van der Waals surface area (Å²) in [5, 5.41) is 0. The molecule has 0 aliphatic rings. The molecule has 0 heterocycles. The molecular formula is C68H124O6. The average molecular weight is 1040 g/mol. The van der Waals surface area contributed by atoms with Crippen LogP contribution in [0.3, 0.4) is 0 Å². The molecule has 74 heavy (non-hydrogen) atoms. The van der Waals surface area contributed by atoms with E-state index in [4.69, 9.17) is 14.2 Å². The van der Waals surface area contributed by atoms with Crippen LogP contribution in [0.5, 0.6) is 0 Å². The van der Waals surface area contributed by atoms with Crippen molar-refractivity contribution in [3.8, 4) is 0 Å². The van der Waals surface area contributed by atoms with Gasteiger partial charge in [0.2, 0.25) is 0 Å². The van der Waals surface area contributed by atoms with Crippen LogP contribution in [0, 0.1) is 0 Å². The molecule has 0 spiro atoms. The molecule has 0 saturated heterocycles. The minimum Gasteiger partial charge on any atom is -0.462 e. The van der Waals surface area contributed by atoms with Crippen molar-refractivity contribution in [2.75, 3.05) is 13.2 Å². The normalized spacial score (nSPS) is 12.3. The molecule has 0 amide bonds. The number of hydrogen-bond acceptors (Lipinski definition) is 6. The molecule has 0 bridgehead atoms. The van der Waals surface area contributed by atoms with Crippen LogP contribution < -0.4 is 0 Å². The number of esters is 3. The summed E-state index contributed by atoms with van der Waals surface area (Å²) in [7, 11) is 0. The molecule has 0 rings (SSSR count). The van der Waals surface area contributed by atoms with Crippen LogP contribution in [0.25, 0.3) is 0 Å². The molecule has 432 valence electrons. The standard InChI is InChI=1S/C68H124O6/c1-4-7-10-13-16-19-22-25-27-29-31-32-33-34-35-36-37-39-40-43-46-49-52-55-58-61-67(70)73-64-65(63-72-66(69)60-57-54-51-48-45-42-24-21-18-15-12-9-6-3)74-68(71)62-59-56-53-50-47-44-41-38-30-28-26-23-20-17-14-11-8-5-2/h21-22,24-25,29,31,33-34,65H,4-20,23,26-28,30,32,35-64H2,1-3H3/b24-21-,25-22-,31-29-,34-33-. The molecule has 6 heteroatoms. The van der Waals surface area contributed by atoms with E-state index in [-0.39, 0.29) is 31.1 Å². The van der Waals surface area contributed by atoms with E-state index in [2.05, 4.69) is 69.4 Å². The van der Waals surface area contributed by atoms with Gasteiger partial charge in [0.25, 0.3) is 0 Å². The summed E-state index contributed by atoms with van der Waals surface area (Å²) in [6.07, 6.45) is 78.3. The van der Waals surface area contributed by atoms with Crippen LogP contribution in [-0.2, 0) is 28.6 Å². The second-order valence-corrected chi connectivity index (χ2v) is 22.0. The van der Waals surface area contributed by atoms with Gasteiger partial charge in [0, 0.05) is 19.3 Å². The van der Waals surface area contributed by atoms with E-state index >= 15 is 0 Å². The Kier molecular flexibility index (Phi) is 60.7. The second-order valence-electron chi connectivity index (χ2n) is 22.0. The maximum atomic E-state index is 12.9. The van der Waals surface area contributed by atoms with Crippen LogP contribution in [-0.4, -0.2) is 37.2 Å². The van der Waals surface area contributed by atoms with Gasteiger partial charge in [-0.1, -0.05) is 294 Å². The van der Waals surface area contributed by atoms with Gasteiger partial charge in [-0.15, -0.1) is 0 Å². The molecule has 0 aliphatic heterocycles. The highest BCUT2D eigenvalue weighted by Gasteiger charge is 2.19. The van der Waals surface area contributed by atoms with Crippen molar-refractivity contribution in [3.63, 3.8) is 0 Å². The van der Waals surface area contributed by atoms with E-state index in [1.54, 1.807) is 0 Å². The highest BCUT2D eigenvalue weighted by atomic mass is 16.6. The number of hydrogen-bond donors (Lipinski definition) is 0. The van der Waals surface area contributed by atoms with Gasteiger partial charge in [0.05, 0.1) is 0 Å². The Balaban J connectivity index is 4.28. The number of rotatable bonds is 60. The first-order valence-corrected chi connectivity index (χ1v) is 32.6. The van der Waals surface area contributed by atoms with E-state index in [9.17, 15) is 14.4 Å². The number of allylic oxidation sites excluding steroid dienone is 8. The zero-order chi connectivity index (χ0) is 53.6. The van der Waals surface area contributed by atoms with Gasteiger partial charge in [0.15, 0.2) is 6.10 Å². The van der Waals surface area contributed by atoms with E-state index in [1.807, 2.05) is 0 Å². The highest BCUT2D eigenvalue weighted by molar-refractivity contribution is 5.71. The number of unbranched alkanes of at least 4 members (excludes halogenated alkanes) is 41. The number of carbonyl (C=O) groups excluding carboxylic acids is 3. The Morgan fingerprint density at radius 1 is 0.270 bits per heavy atom. The van der Waals surface area contributed by atoms with Gasteiger partial charge in [-0.2, -0.15) is 0 Å². The predicted molar refractivity (Wildman–Crippen MR) is 321 cm³/mol. The lowest BCUT2D eigenvalue weighted by Crippen LogP contribution is -2.30. The van der Waals surface area contributed by atoms with Crippen molar-refractivity contribution in [2.45, 2.75) is 354 Å². The summed E-state index contributed by atoms with van der Waals surface area (Å²) in [5.41, 5.74) is 0. The lowest BCUT2D eigenvalue weighted by molar-refractivity contribution is -0.167. The topological polar surface area (TPSA) is 78.9 Å². The van der Waals surface area contributed by atoms with Crippen LogP contribution in [0.2, 0.25) is 0 Å². The summed E-state index contributed by atoms with van der Waals surface area (Å²) in [6.45, 7) is 6.66. The molecule has 1 atom stereocenters. The fourth-order valence-electron chi connectivity index (χ4n) is 9.62. The molecule has 0 fully saturated rings. The van der Waals surface area contributed by atoms with Crippen molar-refractivity contribution < 1.29 is 28.6 Å². The van der Waals surface area contributed by atoms with Gasteiger partial charge in [0.1, 0.15) is 13.2 Å². The monoisotopic (exact) mass is 1040 g/mol. The van der Waals surface area contributed by atoms with Gasteiger partial charge >= 0.3 is 17.9 Å². The first-order valence-electron chi connectivity index (χ1n) is 32.6. The average Bonchev–Trinajstić information content (AvgIpc) is 3.40. The van der Waals surface area contributed by atoms with Crippen molar-refractivity contribution in [1.29, 1.82) is 0 Å². The minimum atomic E-state index is -0.776. The van der Waals surface area contributed by atoms with Gasteiger partial charge in [-0.25, -0.2) is 0 Å². The second kappa shape index (κ2) is 62.9. The summed E-state index contributed by atoms with van der Waals surface area (Å²) < 4.78 is 16.9. The van der Waals surface area contributed by atoms with Crippen LogP contribution in [0.4, 0.5) is 0 Å². The smallest absolute Gasteiger partial charge is 0.306 e. The van der Waals surface area contributed by atoms with Crippen molar-refractivity contribution in [1.82, 2.24) is 0 Å². The highest BCUT2D eigenvalue weighted by Crippen LogP contribution is 2.17. The van der Waals surface area contributed by atoms with Gasteiger partial charge in [-0.05, 0) is 83.5 Å². The van der Waals surface area contributed by atoms with Gasteiger partial charge in [-0.3, -0.25) is 14.4 Å². The summed E-state index contributed by atoms with van der Waals surface area (Å²) >= 11 is 0. The first kappa shape index (κ1) is 71.4. The summed E-state index contributed by atoms with van der Waals surface area (Å²) in [4.78, 5) is 38.3. The zero-order valence-electron chi connectivity index (χ0n) is 49.6. The lowest BCUT2D eigenvalue weighted by atomic mass is 10.0. The van der Waals surface area contributed by atoms with Crippen molar-refractivity contribution >= 4 is 17.9 Å². The number of ether oxygens (including phenoxy) is 3. The minimum absolute atomic E-state index is 0.0742. The number of carbonyl (C=O) groups is 3. The maximum Gasteiger partial charge on any atom is 0.306 e. The van der Waals surface area contributed by atoms with Gasteiger partial charge < -0.3 is 14.2 Å². The molecule has 0 radical (unpaired) electrons. The largest absolute Gasteiger partial charge is 0.462 e. The SMILES string of the molecule is CCCCCC/C=C\CCCCCCCC(=O)OCC(COC(=O)CCCCCCCCCCCC/C=C\C/C=C\C/C=C\CCCCCCC)OC(=O)CCCCCCCCCCCCCCCCCCCC. The molecular weight excluding hydrogens is 913 g/mol. The van der Waals surface area contributed by atoms with E-state index in [1.165, 1.54) is 231 Å².